The van der Waals surface area contributed by atoms with E-state index in [4.69, 9.17) is 0 Å². The van der Waals surface area contributed by atoms with E-state index in [1.165, 1.54) is 5.56 Å². The van der Waals surface area contributed by atoms with Crippen LogP contribution in [0.1, 0.15) is 36.8 Å². The lowest BCUT2D eigenvalue weighted by atomic mass is 9.98. The van der Waals surface area contributed by atoms with Crippen LogP contribution in [0.5, 0.6) is 0 Å². The van der Waals surface area contributed by atoms with E-state index in [2.05, 4.69) is 5.32 Å². The first-order valence-corrected chi connectivity index (χ1v) is 6.61. The topological polar surface area (TPSA) is 49.3 Å². The summed E-state index contributed by atoms with van der Waals surface area (Å²) >= 11 is 0. The summed E-state index contributed by atoms with van der Waals surface area (Å²) in [6.07, 6.45) is 4.35. The largest absolute Gasteiger partial charge is 0.394 e. The average molecular weight is 247 g/mol. The Morgan fingerprint density at radius 3 is 2.44 bits per heavy atom. The number of hydrogen-bond acceptors (Lipinski definition) is 2. The van der Waals surface area contributed by atoms with Gasteiger partial charge in [0.05, 0.1) is 18.6 Å². The number of aryl methyl sites for hydroxylation is 1. The Kier molecular flexibility index (Phi) is 4.02. The van der Waals surface area contributed by atoms with Gasteiger partial charge < -0.3 is 10.4 Å². The van der Waals surface area contributed by atoms with Gasteiger partial charge in [0.2, 0.25) is 5.91 Å². The number of rotatable bonds is 4. The molecule has 2 rings (SSSR count). The van der Waals surface area contributed by atoms with Gasteiger partial charge in [0.1, 0.15) is 0 Å². The predicted molar refractivity (Wildman–Crippen MR) is 71.3 cm³/mol. The number of nitrogens with one attached hydrogen (secondary N) is 1. The van der Waals surface area contributed by atoms with E-state index in [1.54, 1.807) is 0 Å². The number of aliphatic hydroxyl groups is 1. The Hall–Kier alpha value is -1.35. The van der Waals surface area contributed by atoms with Crippen molar-refractivity contribution >= 4 is 5.91 Å². The van der Waals surface area contributed by atoms with Gasteiger partial charge >= 0.3 is 0 Å². The van der Waals surface area contributed by atoms with Crippen molar-refractivity contribution in [2.24, 2.45) is 0 Å². The smallest absolute Gasteiger partial charge is 0.224 e. The number of carbonyl (C=O) groups excluding carboxylic acids is 1. The van der Waals surface area contributed by atoms with E-state index in [9.17, 15) is 9.90 Å². The number of carbonyl (C=O) groups is 1. The molecule has 1 aromatic rings. The summed E-state index contributed by atoms with van der Waals surface area (Å²) in [4.78, 5) is 12.0. The molecule has 18 heavy (non-hydrogen) atoms. The summed E-state index contributed by atoms with van der Waals surface area (Å²) in [5.41, 5.74) is 1.85. The number of aliphatic hydroxyl groups excluding tert-OH is 1. The van der Waals surface area contributed by atoms with Gasteiger partial charge in [-0.25, -0.2) is 0 Å². The second-order valence-corrected chi connectivity index (χ2v) is 5.36. The van der Waals surface area contributed by atoms with E-state index >= 15 is 0 Å². The van der Waals surface area contributed by atoms with Crippen molar-refractivity contribution in [2.45, 2.75) is 44.6 Å². The normalized spacial score (nSPS) is 17.7. The molecule has 0 spiro atoms. The maximum atomic E-state index is 12.0. The summed E-state index contributed by atoms with van der Waals surface area (Å²) in [6, 6.07) is 7.99. The van der Waals surface area contributed by atoms with Crippen molar-refractivity contribution in [2.75, 3.05) is 6.61 Å². The first-order valence-electron chi connectivity index (χ1n) is 6.61. The van der Waals surface area contributed by atoms with Gasteiger partial charge in [0.25, 0.3) is 0 Å². The van der Waals surface area contributed by atoms with Crippen molar-refractivity contribution in [3.63, 3.8) is 0 Å². The highest BCUT2D eigenvalue weighted by Crippen LogP contribution is 2.29. The number of hydrogen-bond donors (Lipinski definition) is 2. The quantitative estimate of drug-likeness (QED) is 0.854. The molecule has 0 bridgehead atoms. The highest BCUT2D eigenvalue weighted by atomic mass is 16.3. The van der Waals surface area contributed by atoms with Crippen molar-refractivity contribution in [3.8, 4) is 0 Å². The lowest BCUT2D eigenvalue weighted by Crippen LogP contribution is -2.49. The van der Waals surface area contributed by atoms with Crippen molar-refractivity contribution < 1.29 is 9.90 Å². The SMILES string of the molecule is Cc1ccc(CC(=O)NC2(CO)CCCC2)cc1. The molecule has 1 fully saturated rings. The molecule has 0 aliphatic heterocycles. The number of amides is 1. The second kappa shape index (κ2) is 5.53. The zero-order chi connectivity index (χ0) is 13.0. The van der Waals surface area contributed by atoms with Crippen LogP contribution in [0.15, 0.2) is 24.3 Å². The first kappa shape index (κ1) is 13.1. The molecule has 1 aromatic carbocycles. The van der Waals surface area contributed by atoms with Crippen LogP contribution in [0.2, 0.25) is 0 Å². The van der Waals surface area contributed by atoms with Crippen molar-refractivity contribution in [1.29, 1.82) is 0 Å². The average Bonchev–Trinajstić information content (AvgIpc) is 2.81. The van der Waals surface area contributed by atoms with Gasteiger partial charge in [-0.1, -0.05) is 42.7 Å². The Morgan fingerprint density at radius 1 is 1.28 bits per heavy atom. The molecule has 0 saturated heterocycles. The Labute approximate surface area is 108 Å². The lowest BCUT2D eigenvalue weighted by molar-refractivity contribution is -0.122. The standard InChI is InChI=1S/C15H21NO2/c1-12-4-6-13(7-5-12)10-14(18)16-15(11-17)8-2-3-9-15/h4-7,17H,2-3,8-11H2,1H3,(H,16,18). The van der Waals surface area contributed by atoms with Crippen LogP contribution in [-0.2, 0) is 11.2 Å². The van der Waals surface area contributed by atoms with Gasteiger partial charge in [-0.15, -0.1) is 0 Å². The van der Waals surface area contributed by atoms with Crippen molar-refractivity contribution in [1.82, 2.24) is 5.32 Å². The molecule has 0 radical (unpaired) electrons. The molecule has 0 aromatic heterocycles. The van der Waals surface area contributed by atoms with Crippen LogP contribution < -0.4 is 5.32 Å². The molecule has 1 aliphatic rings. The molecule has 3 heteroatoms. The fourth-order valence-electron chi connectivity index (χ4n) is 2.61. The third-order valence-corrected chi connectivity index (χ3v) is 3.75. The zero-order valence-corrected chi connectivity index (χ0v) is 10.9. The van der Waals surface area contributed by atoms with Gasteiger partial charge in [-0.3, -0.25) is 4.79 Å². The van der Waals surface area contributed by atoms with Gasteiger partial charge in [0, 0.05) is 0 Å². The van der Waals surface area contributed by atoms with Gasteiger partial charge in [0.15, 0.2) is 0 Å². The number of benzene rings is 1. The summed E-state index contributed by atoms with van der Waals surface area (Å²) in [7, 11) is 0. The maximum absolute atomic E-state index is 12.0. The molecule has 0 unspecified atom stereocenters. The highest BCUT2D eigenvalue weighted by Gasteiger charge is 2.34. The monoisotopic (exact) mass is 247 g/mol. The minimum atomic E-state index is -0.359. The van der Waals surface area contributed by atoms with Gasteiger partial charge in [-0.2, -0.15) is 0 Å². The molecule has 1 saturated carbocycles. The molecule has 98 valence electrons. The van der Waals surface area contributed by atoms with Crippen molar-refractivity contribution in [3.05, 3.63) is 35.4 Å². The zero-order valence-electron chi connectivity index (χ0n) is 10.9. The lowest BCUT2D eigenvalue weighted by Gasteiger charge is -2.28. The van der Waals surface area contributed by atoms with E-state index in [-0.39, 0.29) is 18.1 Å². The van der Waals surface area contributed by atoms with Crippen LogP contribution in [0.3, 0.4) is 0 Å². The van der Waals surface area contributed by atoms with Crippen LogP contribution in [-0.4, -0.2) is 23.2 Å². The minimum Gasteiger partial charge on any atom is -0.394 e. The van der Waals surface area contributed by atoms with E-state index in [1.807, 2.05) is 31.2 Å². The highest BCUT2D eigenvalue weighted by molar-refractivity contribution is 5.79. The van der Waals surface area contributed by atoms with Gasteiger partial charge in [-0.05, 0) is 25.3 Å². The molecule has 0 heterocycles. The molecular formula is C15H21NO2. The second-order valence-electron chi connectivity index (χ2n) is 5.36. The van der Waals surface area contributed by atoms with E-state index in [0.717, 1.165) is 31.2 Å². The summed E-state index contributed by atoms with van der Waals surface area (Å²) < 4.78 is 0. The molecular weight excluding hydrogens is 226 g/mol. The first-order chi connectivity index (χ1) is 8.63. The third kappa shape index (κ3) is 3.10. The minimum absolute atomic E-state index is 0.00908. The van der Waals surface area contributed by atoms with Crippen LogP contribution >= 0.6 is 0 Å². The van der Waals surface area contributed by atoms with Crippen LogP contribution in [0.4, 0.5) is 0 Å². The fourth-order valence-corrected chi connectivity index (χ4v) is 2.61. The van der Waals surface area contributed by atoms with E-state index in [0.29, 0.717) is 6.42 Å². The summed E-state index contributed by atoms with van der Waals surface area (Å²) in [5.74, 6) is 0.00908. The predicted octanol–water partition coefficient (Wildman–Crippen LogP) is 1.96. The Morgan fingerprint density at radius 2 is 1.89 bits per heavy atom. The fraction of sp³-hybridized carbons (Fsp3) is 0.533. The molecule has 3 nitrogen and oxygen atoms in total. The van der Waals surface area contributed by atoms with Crippen LogP contribution in [0.25, 0.3) is 0 Å². The maximum Gasteiger partial charge on any atom is 0.224 e. The summed E-state index contributed by atoms with van der Waals surface area (Å²) in [6.45, 7) is 2.08. The van der Waals surface area contributed by atoms with E-state index < -0.39 is 0 Å². The Bertz CT molecular complexity index is 405. The third-order valence-electron chi connectivity index (χ3n) is 3.75. The van der Waals surface area contributed by atoms with Crippen LogP contribution in [0, 0.1) is 6.92 Å². The molecule has 1 amide bonds. The molecule has 1 aliphatic carbocycles. The molecule has 0 atom stereocenters. The Balaban J connectivity index is 1.94. The summed E-state index contributed by atoms with van der Waals surface area (Å²) in [5, 5.41) is 12.5. The molecule has 2 N–H and O–H groups in total.